The van der Waals surface area contributed by atoms with Gasteiger partial charge in [-0.1, -0.05) is 12.1 Å². The van der Waals surface area contributed by atoms with Gasteiger partial charge in [0.15, 0.2) is 11.5 Å². The molecular formula is C19H17N3O3. The third kappa shape index (κ3) is 3.06. The summed E-state index contributed by atoms with van der Waals surface area (Å²) < 4.78 is 13.5. The zero-order chi connectivity index (χ0) is 17.2. The lowest BCUT2D eigenvalue weighted by Crippen LogP contribution is -2.46. The first-order valence-electron chi connectivity index (χ1n) is 8.02. The number of benzene rings is 2. The Hall–Kier alpha value is -3.28. The third-order valence-corrected chi connectivity index (χ3v) is 4.04. The van der Waals surface area contributed by atoms with Crippen molar-refractivity contribution in [3.63, 3.8) is 0 Å². The predicted molar refractivity (Wildman–Crippen MR) is 93.1 cm³/mol. The highest BCUT2D eigenvalue weighted by Crippen LogP contribution is 2.33. The number of para-hydroxylation sites is 2. The summed E-state index contributed by atoms with van der Waals surface area (Å²) in [6.07, 6.45) is 4.22. The summed E-state index contributed by atoms with van der Waals surface area (Å²) in [5.74, 6) is 0.998. The molecule has 0 saturated heterocycles. The fourth-order valence-corrected chi connectivity index (χ4v) is 2.75. The summed E-state index contributed by atoms with van der Waals surface area (Å²) >= 11 is 0. The highest BCUT2D eigenvalue weighted by atomic mass is 16.6. The first-order chi connectivity index (χ1) is 12.2. The lowest BCUT2D eigenvalue weighted by molar-refractivity contribution is -0.128. The van der Waals surface area contributed by atoms with Gasteiger partial charge < -0.3 is 19.4 Å². The van der Waals surface area contributed by atoms with Gasteiger partial charge in [-0.25, -0.2) is 4.98 Å². The number of hydrogen-bond acceptors (Lipinski definition) is 4. The summed E-state index contributed by atoms with van der Waals surface area (Å²) in [6.45, 7) is 1.82. The number of fused-ring (bicyclic) bond motifs is 1. The van der Waals surface area contributed by atoms with Gasteiger partial charge in [0.2, 0.25) is 6.10 Å². The summed E-state index contributed by atoms with van der Waals surface area (Å²) in [6, 6.07) is 14.9. The Bertz CT molecular complexity index is 875. The lowest BCUT2D eigenvalue weighted by atomic mass is 10.1. The maximum Gasteiger partial charge on any atom is 0.269 e. The van der Waals surface area contributed by atoms with Gasteiger partial charge in [0.1, 0.15) is 6.10 Å². The molecule has 25 heavy (non-hydrogen) atoms. The second-order valence-electron chi connectivity index (χ2n) is 5.81. The summed E-state index contributed by atoms with van der Waals surface area (Å²) in [4.78, 5) is 16.6. The number of aromatic nitrogens is 2. The molecule has 1 amide bonds. The van der Waals surface area contributed by atoms with E-state index in [1.807, 2.05) is 60.2 Å². The van der Waals surface area contributed by atoms with Crippen LogP contribution in [0.3, 0.4) is 0 Å². The fraction of sp³-hybridized carbons (Fsp3) is 0.158. The number of imidazole rings is 1. The molecule has 6 nitrogen and oxygen atoms in total. The van der Waals surface area contributed by atoms with Crippen LogP contribution in [0.15, 0.2) is 67.3 Å². The maximum absolute atomic E-state index is 12.6. The molecule has 0 spiro atoms. The van der Waals surface area contributed by atoms with Crippen LogP contribution in [0.5, 0.6) is 11.5 Å². The SMILES string of the molecule is C[C@H]1Oc2ccccc2O[C@@H]1C(=O)Nc1ccc(-n2ccnc2)cc1. The van der Waals surface area contributed by atoms with Crippen LogP contribution in [0.4, 0.5) is 5.69 Å². The largest absolute Gasteiger partial charge is 0.482 e. The van der Waals surface area contributed by atoms with Gasteiger partial charge in [0, 0.05) is 23.8 Å². The number of nitrogens with zero attached hydrogens (tertiary/aromatic N) is 2. The second-order valence-corrected chi connectivity index (χ2v) is 5.81. The van der Waals surface area contributed by atoms with E-state index in [4.69, 9.17) is 9.47 Å². The first-order valence-corrected chi connectivity index (χ1v) is 8.02. The summed E-state index contributed by atoms with van der Waals surface area (Å²) in [5, 5.41) is 2.88. The van der Waals surface area contributed by atoms with E-state index in [1.165, 1.54) is 0 Å². The van der Waals surface area contributed by atoms with E-state index >= 15 is 0 Å². The van der Waals surface area contributed by atoms with Gasteiger partial charge in [-0.3, -0.25) is 4.79 Å². The molecule has 126 valence electrons. The number of ether oxygens (including phenoxy) is 2. The van der Waals surface area contributed by atoms with E-state index in [2.05, 4.69) is 10.3 Å². The molecule has 4 rings (SSSR count). The second kappa shape index (κ2) is 6.32. The van der Waals surface area contributed by atoms with Gasteiger partial charge in [0.25, 0.3) is 5.91 Å². The number of carbonyl (C=O) groups is 1. The van der Waals surface area contributed by atoms with Crippen molar-refractivity contribution in [2.75, 3.05) is 5.32 Å². The van der Waals surface area contributed by atoms with Crippen molar-refractivity contribution in [3.05, 3.63) is 67.3 Å². The minimum atomic E-state index is -0.705. The molecule has 0 bridgehead atoms. The van der Waals surface area contributed by atoms with E-state index in [1.54, 1.807) is 18.6 Å². The third-order valence-electron chi connectivity index (χ3n) is 4.04. The van der Waals surface area contributed by atoms with Crippen molar-refractivity contribution >= 4 is 11.6 Å². The first kappa shape index (κ1) is 15.3. The van der Waals surface area contributed by atoms with Crippen LogP contribution in [0, 0.1) is 0 Å². The average molecular weight is 335 g/mol. The minimum Gasteiger partial charge on any atom is -0.482 e. The van der Waals surface area contributed by atoms with Crippen LogP contribution < -0.4 is 14.8 Å². The Morgan fingerprint density at radius 3 is 2.48 bits per heavy atom. The van der Waals surface area contributed by atoms with Gasteiger partial charge in [-0.05, 0) is 43.3 Å². The molecule has 2 aromatic carbocycles. The molecule has 1 aliphatic rings. The van der Waals surface area contributed by atoms with Crippen molar-refractivity contribution in [1.82, 2.24) is 9.55 Å². The van der Waals surface area contributed by atoms with Crippen molar-refractivity contribution in [2.45, 2.75) is 19.1 Å². The van der Waals surface area contributed by atoms with Crippen LogP contribution in [0.2, 0.25) is 0 Å². The molecule has 1 aliphatic heterocycles. The monoisotopic (exact) mass is 335 g/mol. The smallest absolute Gasteiger partial charge is 0.269 e. The molecule has 0 saturated carbocycles. The lowest BCUT2D eigenvalue weighted by Gasteiger charge is -2.31. The molecule has 2 atom stereocenters. The van der Waals surface area contributed by atoms with Gasteiger partial charge in [-0.15, -0.1) is 0 Å². The number of amides is 1. The Morgan fingerprint density at radius 1 is 1.08 bits per heavy atom. The molecule has 0 unspecified atom stereocenters. The van der Waals surface area contributed by atoms with Gasteiger partial charge in [-0.2, -0.15) is 0 Å². The molecule has 6 heteroatoms. The zero-order valence-electron chi connectivity index (χ0n) is 13.6. The topological polar surface area (TPSA) is 65.4 Å². The van der Waals surface area contributed by atoms with Gasteiger partial charge in [0.05, 0.1) is 6.33 Å². The standard InChI is InChI=1S/C19H17N3O3/c1-13-18(25-17-5-3-2-4-16(17)24-13)19(23)21-14-6-8-15(9-7-14)22-11-10-20-12-22/h2-13,18H,1H3,(H,21,23)/t13-,18+/m1/s1. The van der Waals surface area contributed by atoms with Crippen LogP contribution in [0.1, 0.15) is 6.92 Å². The average Bonchev–Trinajstić information content (AvgIpc) is 3.16. The molecule has 1 N–H and O–H groups in total. The Kier molecular flexibility index (Phi) is 3.85. The van der Waals surface area contributed by atoms with Crippen LogP contribution >= 0.6 is 0 Å². The molecule has 3 aromatic rings. The van der Waals surface area contributed by atoms with E-state index in [0.717, 1.165) is 5.69 Å². The molecule has 0 aliphatic carbocycles. The summed E-state index contributed by atoms with van der Waals surface area (Å²) in [5.41, 5.74) is 1.67. The van der Waals surface area contributed by atoms with E-state index in [0.29, 0.717) is 17.2 Å². The molecule has 2 heterocycles. The van der Waals surface area contributed by atoms with Crippen LogP contribution in [-0.4, -0.2) is 27.7 Å². The number of carbonyl (C=O) groups excluding carboxylic acids is 1. The van der Waals surface area contributed by atoms with Crippen LogP contribution in [-0.2, 0) is 4.79 Å². The maximum atomic E-state index is 12.6. The molecule has 0 fully saturated rings. The van der Waals surface area contributed by atoms with Crippen molar-refractivity contribution in [2.24, 2.45) is 0 Å². The number of rotatable bonds is 3. The normalized spacial score (nSPS) is 18.6. The Morgan fingerprint density at radius 2 is 1.80 bits per heavy atom. The van der Waals surface area contributed by atoms with E-state index in [-0.39, 0.29) is 12.0 Å². The highest BCUT2D eigenvalue weighted by molar-refractivity contribution is 5.95. The molecular weight excluding hydrogens is 318 g/mol. The fourth-order valence-electron chi connectivity index (χ4n) is 2.75. The summed E-state index contributed by atoms with van der Waals surface area (Å²) in [7, 11) is 0. The Balaban J connectivity index is 1.47. The van der Waals surface area contributed by atoms with Crippen molar-refractivity contribution < 1.29 is 14.3 Å². The number of hydrogen-bond donors (Lipinski definition) is 1. The number of anilines is 1. The molecule has 1 aromatic heterocycles. The Labute approximate surface area is 145 Å². The van der Waals surface area contributed by atoms with E-state index < -0.39 is 6.10 Å². The van der Waals surface area contributed by atoms with Crippen LogP contribution in [0.25, 0.3) is 5.69 Å². The quantitative estimate of drug-likeness (QED) is 0.799. The molecule has 0 radical (unpaired) electrons. The number of nitrogens with one attached hydrogen (secondary N) is 1. The zero-order valence-corrected chi connectivity index (χ0v) is 13.6. The highest BCUT2D eigenvalue weighted by Gasteiger charge is 2.34. The minimum absolute atomic E-state index is 0.239. The van der Waals surface area contributed by atoms with Crippen molar-refractivity contribution in [3.8, 4) is 17.2 Å². The van der Waals surface area contributed by atoms with Crippen molar-refractivity contribution in [1.29, 1.82) is 0 Å². The predicted octanol–water partition coefficient (Wildman–Crippen LogP) is 3.04. The van der Waals surface area contributed by atoms with Gasteiger partial charge >= 0.3 is 0 Å². The van der Waals surface area contributed by atoms with E-state index in [9.17, 15) is 4.79 Å².